The molecule has 0 N–H and O–H groups in total. The van der Waals surface area contributed by atoms with Gasteiger partial charge in [0.15, 0.2) is 11.6 Å². The van der Waals surface area contributed by atoms with E-state index in [1.165, 1.54) is 11.8 Å². The predicted molar refractivity (Wildman–Crippen MR) is 80.6 cm³/mol. The molecule has 3 rings (SSSR count). The van der Waals surface area contributed by atoms with Crippen LogP contribution in [0.4, 0.5) is 0 Å². The van der Waals surface area contributed by atoms with Gasteiger partial charge in [0.2, 0.25) is 0 Å². The van der Waals surface area contributed by atoms with Crippen LogP contribution in [-0.2, 0) is 9.59 Å². The highest BCUT2D eigenvalue weighted by Crippen LogP contribution is 2.46. The first-order valence-electron chi connectivity index (χ1n) is 6.56. The summed E-state index contributed by atoms with van der Waals surface area (Å²) in [5.74, 6) is 0.0248. The molecule has 0 aliphatic carbocycles. The minimum absolute atomic E-state index is 0.0124. The van der Waals surface area contributed by atoms with Crippen LogP contribution < -0.4 is 0 Å². The van der Waals surface area contributed by atoms with Gasteiger partial charge in [-0.3, -0.25) is 9.59 Å². The van der Waals surface area contributed by atoms with Crippen LogP contribution in [-0.4, -0.2) is 11.6 Å². The van der Waals surface area contributed by atoms with Gasteiger partial charge in [0, 0.05) is 0 Å². The van der Waals surface area contributed by atoms with Crippen molar-refractivity contribution in [3.63, 3.8) is 0 Å². The van der Waals surface area contributed by atoms with Crippen LogP contribution in [0.1, 0.15) is 28.0 Å². The van der Waals surface area contributed by atoms with Gasteiger partial charge in [-0.15, -0.1) is 11.8 Å². The van der Waals surface area contributed by atoms with Crippen LogP contribution in [0, 0.1) is 0 Å². The summed E-state index contributed by atoms with van der Waals surface area (Å²) in [4.78, 5) is 24.3. The molecule has 0 amide bonds. The van der Waals surface area contributed by atoms with Crippen LogP contribution in [0.3, 0.4) is 0 Å². The zero-order chi connectivity index (χ0) is 13.9. The first-order valence-corrected chi connectivity index (χ1v) is 7.51. The first kappa shape index (κ1) is 13.1. The highest BCUT2D eigenvalue weighted by Gasteiger charge is 2.36. The fourth-order valence-electron chi connectivity index (χ4n) is 2.43. The molecule has 2 unspecified atom stereocenters. The molecule has 1 aliphatic rings. The lowest BCUT2D eigenvalue weighted by atomic mass is 9.99. The van der Waals surface area contributed by atoms with E-state index >= 15 is 0 Å². The Morgan fingerprint density at radius 2 is 1.10 bits per heavy atom. The second-order valence-electron chi connectivity index (χ2n) is 4.83. The maximum atomic E-state index is 12.1. The van der Waals surface area contributed by atoms with Gasteiger partial charge in [0.1, 0.15) is 0 Å². The number of benzene rings is 2. The third-order valence-electron chi connectivity index (χ3n) is 3.41. The quantitative estimate of drug-likeness (QED) is 0.787. The SMILES string of the molecule is O=C1CC(=O)C(c2ccccc2)SC1c1ccccc1. The minimum Gasteiger partial charge on any atom is -0.298 e. The number of hydrogen-bond acceptors (Lipinski definition) is 3. The van der Waals surface area contributed by atoms with Crippen LogP contribution in [0.2, 0.25) is 0 Å². The molecule has 3 heteroatoms. The van der Waals surface area contributed by atoms with E-state index in [-0.39, 0.29) is 28.5 Å². The Labute approximate surface area is 122 Å². The van der Waals surface area contributed by atoms with Gasteiger partial charge in [-0.05, 0) is 11.1 Å². The average molecular weight is 282 g/mol. The van der Waals surface area contributed by atoms with Gasteiger partial charge < -0.3 is 0 Å². The molecule has 0 bridgehead atoms. The molecule has 1 heterocycles. The standard InChI is InChI=1S/C17H14O2S/c18-14-11-15(19)17(13-9-5-2-6-10-13)20-16(14)12-7-3-1-4-8-12/h1-10,16-17H,11H2. The summed E-state index contributed by atoms with van der Waals surface area (Å²) >= 11 is 1.45. The molecule has 1 fully saturated rings. The van der Waals surface area contributed by atoms with Crippen molar-refractivity contribution in [2.75, 3.05) is 0 Å². The Kier molecular flexibility index (Phi) is 3.70. The summed E-state index contributed by atoms with van der Waals surface area (Å²) in [5, 5.41) is -0.474. The van der Waals surface area contributed by atoms with Crippen LogP contribution in [0.15, 0.2) is 60.7 Å². The smallest absolute Gasteiger partial charge is 0.157 e. The van der Waals surface area contributed by atoms with E-state index in [0.29, 0.717) is 0 Å². The molecule has 0 aromatic heterocycles. The lowest BCUT2D eigenvalue weighted by Gasteiger charge is -2.27. The van der Waals surface area contributed by atoms with Crippen LogP contribution >= 0.6 is 11.8 Å². The van der Waals surface area contributed by atoms with Crippen LogP contribution in [0.25, 0.3) is 0 Å². The van der Waals surface area contributed by atoms with E-state index in [1.54, 1.807) is 0 Å². The summed E-state index contributed by atoms with van der Waals surface area (Å²) < 4.78 is 0. The van der Waals surface area contributed by atoms with Gasteiger partial charge >= 0.3 is 0 Å². The van der Waals surface area contributed by atoms with Gasteiger partial charge in [-0.2, -0.15) is 0 Å². The molecule has 0 saturated carbocycles. The highest BCUT2D eigenvalue weighted by atomic mass is 32.2. The molecule has 0 radical (unpaired) electrons. The topological polar surface area (TPSA) is 34.1 Å². The zero-order valence-electron chi connectivity index (χ0n) is 10.9. The average Bonchev–Trinajstić information content (AvgIpc) is 2.49. The Morgan fingerprint density at radius 3 is 1.50 bits per heavy atom. The van der Waals surface area contributed by atoms with E-state index in [1.807, 2.05) is 60.7 Å². The van der Waals surface area contributed by atoms with Gasteiger partial charge in [0.05, 0.1) is 16.9 Å². The minimum atomic E-state index is -0.237. The lowest BCUT2D eigenvalue weighted by molar-refractivity contribution is -0.127. The molecular weight excluding hydrogens is 268 g/mol. The van der Waals surface area contributed by atoms with Crippen LogP contribution in [0.5, 0.6) is 0 Å². The molecule has 0 spiro atoms. The summed E-state index contributed by atoms with van der Waals surface area (Å²) in [6.07, 6.45) is 0.0339. The molecule has 20 heavy (non-hydrogen) atoms. The predicted octanol–water partition coefficient (Wildman–Crippen LogP) is 3.74. The summed E-state index contributed by atoms with van der Waals surface area (Å²) in [6.45, 7) is 0. The van der Waals surface area contributed by atoms with Crippen molar-refractivity contribution in [2.24, 2.45) is 0 Å². The van der Waals surface area contributed by atoms with Gasteiger partial charge in [-0.25, -0.2) is 0 Å². The monoisotopic (exact) mass is 282 g/mol. The second-order valence-corrected chi connectivity index (χ2v) is 6.04. The van der Waals surface area contributed by atoms with E-state index in [0.717, 1.165) is 11.1 Å². The fourth-order valence-corrected chi connectivity index (χ4v) is 3.80. The van der Waals surface area contributed by atoms with Crippen molar-refractivity contribution in [1.82, 2.24) is 0 Å². The van der Waals surface area contributed by atoms with Crippen molar-refractivity contribution in [1.29, 1.82) is 0 Å². The normalized spacial score (nSPS) is 22.8. The molecule has 2 nitrogen and oxygen atoms in total. The van der Waals surface area contributed by atoms with E-state index in [2.05, 4.69) is 0 Å². The number of ketones is 2. The van der Waals surface area contributed by atoms with Gasteiger partial charge in [0.25, 0.3) is 0 Å². The number of hydrogen-bond donors (Lipinski definition) is 0. The number of carbonyl (C=O) groups is 2. The molecule has 2 aromatic rings. The van der Waals surface area contributed by atoms with Crippen molar-refractivity contribution in [3.8, 4) is 0 Å². The Balaban J connectivity index is 1.91. The number of Topliss-reactive ketones (excluding diaryl/α,β-unsaturated/α-hetero) is 2. The van der Waals surface area contributed by atoms with Gasteiger partial charge in [-0.1, -0.05) is 60.7 Å². The third kappa shape index (κ3) is 2.54. The first-order chi connectivity index (χ1) is 9.75. The highest BCUT2D eigenvalue weighted by molar-refractivity contribution is 8.01. The molecule has 1 aliphatic heterocycles. The third-order valence-corrected chi connectivity index (χ3v) is 5.02. The largest absolute Gasteiger partial charge is 0.298 e. The summed E-state index contributed by atoms with van der Waals surface area (Å²) in [6, 6.07) is 19.4. The molecule has 2 aromatic carbocycles. The van der Waals surface area contributed by atoms with E-state index in [4.69, 9.17) is 0 Å². The lowest BCUT2D eigenvalue weighted by Crippen LogP contribution is -2.25. The Morgan fingerprint density at radius 1 is 0.700 bits per heavy atom. The van der Waals surface area contributed by atoms with Crippen molar-refractivity contribution >= 4 is 23.3 Å². The Hall–Kier alpha value is -1.87. The number of rotatable bonds is 2. The summed E-state index contributed by atoms with van der Waals surface area (Å²) in [5.41, 5.74) is 1.96. The van der Waals surface area contributed by atoms with E-state index < -0.39 is 0 Å². The van der Waals surface area contributed by atoms with E-state index in [9.17, 15) is 9.59 Å². The Bertz CT molecular complexity index is 566. The molecular formula is C17H14O2S. The molecule has 1 saturated heterocycles. The van der Waals surface area contributed by atoms with Crippen molar-refractivity contribution in [2.45, 2.75) is 16.9 Å². The maximum Gasteiger partial charge on any atom is 0.157 e. The van der Waals surface area contributed by atoms with Crippen molar-refractivity contribution < 1.29 is 9.59 Å². The molecule has 2 atom stereocenters. The second kappa shape index (κ2) is 5.63. The summed E-state index contributed by atoms with van der Waals surface area (Å²) in [7, 11) is 0. The number of carbonyl (C=O) groups excluding carboxylic acids is 2. The zero-order valence-corrected chi connectivity index (χ0v) is 11.7. The molecule has 100 valence electrons. The fraction of sp³-hybridized carbons (Fsp3) is 0.176. The number of thioether (sulfide) groups is 1. The van der Waals surface area contributed by atoms with Crippen molar-refractivity contribution in [3.05, 3.63) is 71.8 Å². The maximum absolute atomic E-state index is 12.1.